The van der Waals surface area contributed by atoms with E-state index in [1.807, 2.05) is 6.07 Å². The van der Waals surface area contributed by atoms with Crippen molar-refractivity contribution in [1.29, 1.82) is 0 Å². The van der Waals surface area contributed by atoms with Crippen molar-refractivity contribution in [1.82, 2.24) is 5.32 Å². The van der Waals surface area contributed by atoms with Crippen LogP contribution in [0.15, 0.2) is 18.2 Å². The molecule has 1 fully saturated rings. The molecule has 1 aromatic carbocycles. The number of nitro benzene ring substituents is 1. The number of nitrogens with one attached hydrogen (secondary N) is 1. The van der Waals surface area contributed by atoms with E-state index in [1.165, 1.54) is 12.8 Å². The highest BCUT2D eigenvalue weighted by atomic mass is 16.6. The van der Waals surface area contributed by atoms with Crippen LogP contribution in [0.5, 0.6) is 5.75 Å². The minimum absolute atomic E-state index is 0.0387. The quantitative estimate of drug-likeness (QED) is 0.408. The molecule has 0 bridgehead atoms. The summed E-state index contributed by atoms with van der Waals surface area (Å²) in [4.78, 5) is 10.8. The largest absolute Gasteiger partial charge is 0.487 e. The van der Waals surface area contributed by atoms with Crippen LogP contribution >= 0.6 is 0 Å². The smallest absolute Gasteiger partial charge is 0.311 e. The minimum Gasteiger partial charge on any atom is -0.487 e. The predicted molar refractivity (Wildman–Crippen MR) is 79.5 cm³/mol. The highest BCUT2D eigenvalue weighted by molar-refractivity contribution is 5.48. The van der Waals surface area contributed by atoms with Gasteiger partial charge in [0.25, 0.3) is 0 Å². The van der Waals surface area contributed by atoms with Crippen LogP contribution in [0.2, 0.25) is 0 Å². The van der Waals surface area contributed by atoms with E-state index >= 15 is 0 Å². The van der Waals surface area contributed by atoms with Crippen LogP contribution in [0.1, 0.15) is 24.8 Å². The molecule has 1 N–H and O–H groups in total. The molecule has 116 valence electrons. The maximum absolute atomic E-state index is 11.1. The molecule has 0 saturated heterocycles. The van der Waals surface area contributed by atoms with Crippen LogP contribution in [-0.4, -0.2) is 31.8 Å². The molecule has 6 nitrogen and oxygen atoms in total. The lowest BCUT2D eigenvalue weighted by atomic mass is 10.2. The van der Waals surface area contributed by atoms with E-state index in [4.69, 9.17) is 9.47 Å². The molecule has 1 aliphatic carbocycles. The standard InChI is InChI=1S/C15H22N2O4/c1-20-9-7-16-11-13-4-5-15(14(10-13)17(18)19)21-8-6-12-2-3-12/h4-5,10,12,16H,2-3,6-9,11H2,1H3. The third-order valence-electron chi connectivity index (χ3n) is 3.51. The van der Waals surface area contributed by atoms with Crippen molar-refractivity contribution in [3.8, 4) is 5.75 Å². The predicted octanol–water partition coefficient (Wildman–Crippen LogP) is 2.51. The van der Waals surface area contributed by atoms with Gasteiger partial charge in [-0.1, -0.05) is 18.9 Å². The Hall–Kier alpha value is -1.66. The van der Waals surface area contributed by atoms with Crippen molar-refractivity contribution in [2.45, 2.75) is 25.8 Å². The lowest BCUT2D eigenvalue weighted by Gasteiger charge is -2.09. The van der Waals surface area contributed by atoms with Gasteiger partial charge >= 0.3 is 5.69 Å². The Kier molecular flexibility index (Phi) is 5.95. The Bertz CT molecular complexity index is 475. The molecule has 0 spiro atoms. The van der Waals surface area contributed by atoms with Gasteiger partial charge < -0.3 is 14.8 Å². The number of rotatable bonds is 10. The van der Waals surface area contributed by atoms with Gasteiger partial charge in [-0.25, -0.2) is 0 Å². The molecular weight excluding hydrogens is 272 g/mol. The lowest BCUT2D eigenvalue weighted by molar-refractivity contribution is -0.385. The van der Waals surface area contributed by atoms with Gasteiger partial charge in [0.05, 0.1) is 18.1 Å². The van der Waals surface area contributed by atoms with E-state index in [2.05, 4.69) is 5.32 Å². The zero-order chi connectivity index (χ0) is 15.1. The van der Waals surface area contributed by atoms with Crippen molar-refractivity contribution in [3.63, 3.8) is 0 Å². The topological polar surface area (TPSA) is 73.6 Å². The number of nitrogens with zero attached hydrogens (tertiary/aromatic N) is 1. The zero-order valence-corrected chi connectivity index (χ0v) is 12.3. The highest BCUT2D eigenvalue weighted by Gasteiger charge is 2.22. The number of methoxy groups -OCH3 is 1. The van der Waals surface area contributed by atoms with E-state index in [9.17, 15) is 10.1 Å². The third-order valence-corrected chi connectivity index (χ3v) is 3.51. The maximum Gasteiger partial charge on any atom is 0.311 e. The van der Waals surface area contributed by atoms with Gasteiger partial charge in [0.2, 0.25) is 0 Å². The summed E-state index contributed by atoms with van der Waals surface area (Å²) in [5.41, 5.74) is 0.907. The van der Waals surface area contributed by atoms with Crippen LogP contribution in [0, 0.1) is 16.0 Å². The van der Waals surface area contributed by atoms with Gasteiger partial charge in [0, 0.05) is 26.3 Å². The fourth-order valence-electron chi connectivity index (χ4n) is 2.09. The summed E-state index contributed by atoms with van der Waals surface area (Å²) in [7, 11) is 1.64. The molecule has 1 saturated carbocycles. The van der Waals surface area contributed by atoms with Crippen molar-refractivity contribution < 1.29 is 14.4 Å². The fourth-order valence-corrected chi connectivity index (χ4v) is 2.09. The molecular formula is C15H22N2O4. The van der Waals surface area contributed by atoms with E-state index in [1.54, 1.807) is 19.2 Å². The van der Waals surface area contributed by atoms with Crippen LogP contribution in [0.4, 0.5) is 5.69 Å². The first-order valence-electron chi connectivity index (χ1n) is 7.30. The van der Waals surface area contributed by atoms with Gasteiger partial charge in [-0.3, -0.25) is 10.1 Å². The first kappa shape index (κ1) is 15.7. The second kappa shape index (κ2) is 7.95. The molecule has 1 aliphatic rings. The molecule has 6 heteroatoms. The van der Waals surface area contributed by atoms with Gasteiger partial charge in [-0.15, -0.1) is 0 Å². The van der Waals surface area contributed by atoms with Crippen molar-refractivity contribution in [2.24, 2.45) is 5.92 Å². The summed E-state index contributed by atoms with van der Waals surface area (Å²) in [6, 6.07) is 5.13. The average Bonchev–Trinajstić information content (AvgIpc) is 3.28. The highest BCUT2D eigenvalue weighted by Crippen LogP contribution is 2.33. The summed E-state index contributed by atoms with van der Waals surface area (Å²) < 4.78 is 10.5. The maximum atomic E-state index is 11.1. The summed E-state index contributed by atoms with van der Waals surface area (Å²) >= 11 is 0. The van der Waals surface area contributed by atoms with Crippen LogP contribution in [0.25, 0.3) is 0 Å². The second-order valence-corrected chi connectivity index (χ2v) is 5.31. The Balaban J connectivity index is 1.91. The Labute approximate surface area is 124 Å². The van der Waals surface area contributed by atoms with E-state index in [0.717, 1.165) is 17.9 Å². The second-order valence-electron chi connectivity index (χ2n) is 5.31. The Morgan fingerprint density at radius 1 is 1.38 bits per heavy atom. The summed E-state index contributed by atoms with van der Waals surface area (Å²) in [6.07, 6.45) is 3.51. The first-order valence-corrected chi connectivity index (χ1v) is 7.30. The number of hydrogen-bond donors (Lipinski definition) is 1. The molecule has 0 unspecified atom stereocenters. The van der Waals surface area contributed by atoms with Crippen molar-refractivity contribution >= 4 is 5.69 Å². The van der Waals surface area contributed by atoms with Crippen LogP contribution in [-0.2, 0) is 11.3 Å². The van der Waals surface area contributed by atoms with Gasteiger partial charge in [0.1, 0.15) is 0 Å². The normalized spacial score (nSPS) is 14.1. The van der Waals surface area contributed by atoms with Crippen LogP contribution in [0.3, 0.4) is 0 Å². The number of nitro groups is 1. The Morgan fingerprint density at radius 2 is 2.19 bits per heavy atom. The van der Waals surface area contributed by atoms with Gasteiger partial charge in [-0.2, -0.15) is 0 Å². The molecule has 0 atom stereocenters. The van der Waals surface area contributed by atoms with Gasteiger partial charge in [-0.05, 0) is 24.0 Å². The minimum atomic E-state index is -0.384. The molecule has 0 heterocycles. The summed E-state index contributed by atoms with van der Waals surface area (Å²) in [6.45, 7) is 2.46. The summed E-state index contributed by atoms with van der Waals surface area (Å²) in [5, 5.41) is 14.3. The fraction of sp³-hybridized carbons (Fsp3) is 0.600. The van der Waals surface area contributed by atoms with Gasteiger partial charge in [0.15, 0.2) is 5.75 Å². The van der Waals surface area contributed by atoms with Crippen LogP contribution < -0.4 is 10.1 Å². The molecule has 0 radical (unpaired) electrons. The molecule has 2 rings (SSSR count). The zero-order valence-electron chi connectivity index (χ0n) is 12.3. The third kappa shape index (κ3) is 5.32. The number of ether oxygens (including phenoxy) is 2. The van der Waals surface area contributed by atoms with Crippen molar-refractivity contribution in [2.75, 3.05) is 26.9 Å². The monoisotopic (exact) mass is 294 g/mol. The molecule has 0 amide bonds. The number of hydrogen-bond acceptors (Lipinski definition) is 5. The molecule has 0 aromatic heterocycles. The van der Waals surface area contributed by atoms with Crippen molar-refractivity contribution in [3.05, 3.63) is 33.9 Å². The number of benzene rings is 1. The van der Waals surface area contributed by atoms with E-state index < -0.39 is 0 Å². The lowest BCUT2D eigenvalue weighted by Crippen LogP contribution is -2.18. The summed E-state index contributed by atoms with van der Waals surface area (Å²) in [5.74, 6) is 1.12. The average molecular weight is 294 g/mol. The SMILES string of the molecule is COCCNCc1ccc(OCCC2CC2)c([N+](=O)[O-])c1. The molecule has 1 aromatic rings. The molecule has 0 aliphatic heterocycles. The first-order chi connectivity index (χ1) is 10.2. The van der Waals surface area contributed by atoms with E-state index in [-0.39, 0.29) is 10.6 Å². The molecule has 21 heavy (non-hydrogen) atoms. The van der Waals surface area contributed by atoms with E-state index in [0.29, 0.717) is 32.1 Å². The Morgan fingerprint density at radius 3 is 2.86 bits per heavy atom.